The Bertz CT molecular complexity index is 875. The predicted octanol–water partition coefficient (Wildman–Crippen LogP) is 3.90. The highest BCUT2D eigenvalue weighted by Crippen LogP contribution is 2.22. The van der Waals surface area contributed by atoms with Gasteiger partial charge < -0.3 is 5.32 Å². The lowest BCUT2D eigenvalue weighted by Crippen LogP contribution is -2.12. The number of aryl methyl sites for hydroxylation is 1. The second kappa shape index (κ2) is 7.31. The zero-order chi connectivity index (χ0) is 16.9. The zero-order valence-electron chi connectivity index (χ0n) is 13.3. The van der Waals surface area contributed by atoms with Crippen molar-refractivity contribution < 1.29 is 0 Å². The highest BCUT2D eigenvalue weighted by Gasteiger charge is 2.10. The third-order valence-corrected chi connectivity index (χ3v) is 3.96. The van der Waals surface area contributed by atoms with Gasteiger partial charge in [-0.3, -0.25) is 4.68 Å². The van der Waals surface area contributed by atoms with Crippen molar-refractivity contribution in [3.05, 3.63) is 76.4 Å². The van der Waals surface area contributed by atoms with Gasteiger partial charge in [0.05, 0.1) is 17.3 Å². The molecule has 0 radical (unpaired) electrons. The maximum atomic E-state index is 8.91. The summed E-state index contributed by atoms with van der Waals surface area (Å²) in [6, 6.07) is 17.4. The lowest BCUT2D eigenvalue weighted by atomic mass is 10.1. The van der Waals surface area contributed by atoms with Gasteiger partial charge in [-0.05, 0) is 29.8 Å². The minimum Gasteiger partial charge on any atom is -0.308 e. The van der Waals surface area contributed by atoms with Crippen molar-refractivity contribution in [2.24, 2.45) is 7.05 Å². The van der Waals surface area contributed by atoms with Crippen molar-refractivity contribution in [2.45, 2.75) is 13.1 Å². The molecule has 0 aliphatic heterocycles. The summed E-state index contributed by atoms with van der Waals surface area (Å²) >= 11 is 6.01. The van der Waals surface area contributed by atoms with Crippen LogP contribution in [0.3, 0.4) is 0 Å². The molecule has 0 spiro atoms. The van der Waals surface area contributed by atoms with Gasteiger partial charge in [0.2, 0.25) is 0 Å². The second-order valence-corrected chi connectivity index (χ2v) is 6.04. The van der Waals surface area contributed by atoms with E-state index in [9.17, 15) is 0 Å². The van der Waals surface area contributed by atoms with Crippen molar-refractivity contribution in [1.29, 1.82) is 5.26 Å². The van der Waals surface area contributed by atoms with E-state index in [-0.39, 0.29) is 0 Å². The molecule has 0 unspecified atom stereocenters. The lowest BCUT2D eigenvalue weighted by Gasteiger charge is -2.06. The fourth-order valence-corrected chi connectivity index (χ4v) is 2.81. The van der Waals surface area contributed by atoms with Crippen LogP contribution in [0.25, 0.3) is 11.3 Å². The van der Waals surface area contributed by atoms with Crippen LogP contribution in [0, 0.1) is 11.3 Å². The molecular weight excluding hydrogens is 320 g/mol. The Kier molecular flexibility index (Phi) is 4.95. The van der Waals surface area contributed by atoms with Crippen molar-refractivity contribution in [3.8, 4) is 17.3 Å². The molecule has 0 saturated carbocycles. The predicted molar refractivity (Wildman–Crippen MR) is 95.4 cm³/mol. The van der Waals surface area contributed by atoms with Gasteiger partial charge in [-0.15, -0.1) is 0 Å². The van der Waals surface area contributed by atoms with E-state index in [1.165, 1.54) is 0 Å². The number of aromatic nitrogens is 2. The molecule has 3 rings (SSSR count). The topological polar surface area (TPSA) is 53.6 Å². The van der Waals surface area contributed by atoms with Crippen LogP contribution >= 0.6 is 11.6 Å². The molecule has 2 aromatic carbocycles. The van der Waals surface area contributed by atoms with E-state index < -0.39 is 0 Å². The molecule has 0 amide bonds. The van der Waals surface area contributed by atoms with E-state index in [2.05, 4.69) is 16.5 Å². The van der Waals surface area contributed by atoms with Crippen molar-refractivity contribution in [1.82, 2.24) is 15.1 Å². The Morgan fingerprint density at radius 1 is 1.17 bits per heavy atom. The molecule has 0 fully saturated rings. The zero-order valence-corrected chi connectivity index (χ0v) is 14.1. The molecule has 3 aromatic rings. The molecular formula is C19H17ClN4. The van der Waals surface area contributed by atoms with Crippen molar-refractivity contribution >= 4 is 11.6 Å². The standard InChI is InChI=1S/C19H17ClN4/c1-24-13-17(12-22-11-15-3-2-4-18(20)9-15)19(23-24)16-7-5-14(10-21)6-8-16/h2-9,13,22H,11-12H2,1H3. The minimum atomic E-state index is 0.648. The van der Waals surface area contributed by atoms with Crippen LogP contribution in [0.15, 0.2) is 54.7 Å². The summed E-state index contributed by atoms with van der Waals surface area (Å²) in [4.78, 5) is 0. The Labute approximate surface area is 146 Å². The summed E-state index contributed by atoms with van der Waals surface area (Å²) in [5.74, 6) is 0. The molecule has 0 saturated heterocycles. The van der Waals surface area contributed by atoms with E-state index in [1.807, 2.05) is 66.5 Å². The quantitative estimate of drug-likeness (QED) is 0.768. The number of halogens is 1. The molecule has 1 aromatic heterocycles. The van der Waals surface area contributed by atoms with Gasteiger partial charge in [0, 0.05) is 42.5 Å². The van der Waals surface area contributed by atoms with E-state index in [0.717, 1.165) is 34.0 Å². The first-order valence-electron chi connectivity index (χ1n) is 7.64. The Morgan fingerprint density at radius 3 is 2.67 bits per heavy atom. The molecule has 0 atom stereocenters. The second-order valence-electron chi connectivity index (χ2n) is 5.60. The summed E-state index contributed by atoms with van der Waals surface area (Å²) in [7, 11) is 1.91. The summed E-state index contributed by atoms with van der Waals surface area (Å²) < 4.78 is 1.81. The van der Waals surface area contributed by atoms with Gasteiger partial charge in [-0.2, -0.15) is 10.4 Å². The van der Waals surface area contributed by atoms with Gasteiger partial charge >= 0.3 is 0 Å². The highest BCUT2D eigenvalue weighted by molar-refractivity contribution is 6.30. The summed E-state index contributed by atoms with van der Waals surface area (Å²) in [5.41, 5.74) is 4.85. The Balaban J connectivity index is 1.73. The first kappa shape index (κ1) is 16.3. The minimum absolute atomic E-state index is 0.648. The first-order valence-corrected chi connectivity index (χ1v) is 8.02. The molecule has 0 aliphatic rings. The van der Waals surface area contributed by atoms with Crippen molar-refractivity contribution in [2.75, 3.05) is 0 Å². The fraction of sp³-hybridized carbons (Fsp3) is 0.158. The number of rotatable bonds is 5. The number of hydrogen-bond acceptors (Lipinski definition) is 3. The van der Waals surface area contributed by atoms with Crippen LogP contribution in [0.5, 0.6) is 0 Å². The van der Waals surface area contributed by atoms with E-state index in [0.29, 0.717) is 12.1 Å². The normalized spacial score (nSPS) is 10.5. The van der Waals surface area contributed by atoms with Crippen LogP contribution < -0.4 is 5.32 Å². The van der Waals surface area contributed by atoms with Crippen LogP contribution in [0.4, 0.5) is 0 Å². The smallest absolute Gasteiger partial charge is 0.0991 e. The molecule has 0 bridgehead atoms. The van der Waals surface area contributed by atoms with Gasteiger partial charge in [-0.25, -0.2) is 0 Å². The van der Waals surface area contributed by atoms with Crippen LogP contribution in [0.2, 0.25) is 5.02 Å². The van der Waals surface area contributed by atoms with Gasteiger partial charge in [0.15, 0.2) is 0 Å². The number of benzene rings is 2. The first-order chi connectivity index (χ1) is 11.7. The SMILES string of the molecule is Cn1cc(CNCc2cccc(Cl)c2)c(-c2ccc(C#N)cc2)n1. The maximum absolute atomic E-state index is 8.91. The van der Waals surface area contributed by atoms with Gasteiger partial charge in [0.1, 0.15) is 0 Å². The number of nitrogens with one attached hydrogen (secondary N) is 1. The van der Waals surface area contributed by atoms with Crippen LogP contribution in [-0.2, 0) is 20.1 Å². The fourth-order valence-electron chi connectivity index (χ4n) is 2.60. The Hall–Kier alpha value is -2.61. The molecule has 1 N–H and O–H groups in total. The van der Waals surface area contributed by atoms with E-state index in [4.69, 9.17) is 16.9 Å². The molecule has 5 heteroatoms. The molecule has 24 heavy (non-hydrogen) atoms. The largest absolute Gasteiger partial charge is 0.308 e. The summed E-state index contributed by atoms with van der Waals surface area (Å²) in [6.07, 6.45) is 2.01. The average molecular weight is 337 g/mol. The molecule has 120 valence electrons. The third-order valence-electron chi connectivity index (χ3n) is 3.73. The lowest BCUT2D eigenvalue weighted by molar-refractivity contribution is 0.692. The monoisotopic (exact) mass is 336 g/mol. The van der Waals surface area contributed by atoms with Gasteiger partial charge in [-0.1, -0.05) is 35.9 Å². The molecule has 1 heterocycles. The van der Waals surface area contributed by atoms with Gasteiger partial charge in [0.25, 0.3) is 0 Å². The van der Waals surface area contributed by atoms with Crippen molar-refractivity contribution in [3.63, 3.8) is 0 Å². The number of nitriles is 1. The number of hydrogen-bond donors (Lipinski definition) is 1. The highest BCUT2D eigenvalue weighted by atomic mass is 35.5. The number of nitrogens with zero attached hydrogens (tertiary/aromatic N) is 3. The molecule has 4 nitrogen and oxygen atoms in total. The molecule has 0 aliphatic carbocycles. The Morgan fingerprint density at radius 2 is 1.96 bits per heavy atom. The average Bonchev–Trinajstić information content (AvgIpc) is 2.96. The van der Waals surface area contributed by atoms with E-state index >= 15 is 0 Å². The maximum Gasteiger partial charge on any atom is 0.0991 e. The summed E-state index contributed by atoms with van der Waals surface area (Å²) in [6.45, 7) is 1.44. The van der Waals surface area contributed by atoms with Crippen LogP contribution in [0.1, 0.15) is 16.7 Å². The third kappa shape index (κ3) is 3.83. The van der Waals surface area contributed by atoms with Crippen LogP contribution in [-0.4, -0.2) is 9.78 Å². The summed E-state index contributed by atoms with van der Waals surface area (Å²) in [5, 5.41) is 17.6. The van der Waals surface area contributed by atoms with E-state index in [1.54, 1.807) is 0 Å².